The van der Waals surface area contributed by atoms with Crippen LogP contribution in [0.5, 0.6) is 0 Å². The molecule has 214 valence electrons. The highest BCUT2D eigenvalue weighted by Crippen LogP contribution is 2.28. The Hall–Kier alpha value is -3.65. The van der Waals surface area contributed by atoms with E-state index in [0.29, 0.717) is 12.1 Å². The first-order valence-electron chi connectivity index (χ1n) is 13.5. The number of rotatable bonds is 10. The molecule has 3 aromatic rings. The third-order valence-electron chi connectivity index (χ3n) is 6.59. The molecule has 0 saturated carbocycles. The van der Waals surface area contributed by atoms with E-state index in [0.717, 1.165) is 22.3 Å². The van der Waals surface area contributed by atoms with Gasteiger partial charge in [0.15, 0.2) is 0 Å². The predicted molar refractivity (Wildman–Crippen MR) is 161 cm³/mol. The van der Waals surface area contributed by atoms with Crippen molar-refractivity contribution >= 4 is 27.5 Å². The minimum atomic E-state index is -4.10. The highest BCUT2D eigenvalue weighted by atomic mass is 32.2. The van der Waals surface area contributed by atoms with E-state index in [9.17, 15) is 18.0 Å². The van der Waals surface area contributed by atoms with Gasteiger partial charge in [-0.25, -0.2) is 8.42 Å². The summed E-state index contributed by atoms with van der Waals surface area (Å²) >= 11 is 0. The van der Waals surface area contributed by atoms with Crippen LogP contribution in [-0.4, -0.2) is 43.3 Å². The van der Waals surface area contributed by atoms with Crippen molar-refractivity contribution in [3.8, 4) is 0 Å². The van der Waals surface area contributed by atoms with E-state index < -0.39 is 34.1 Å². The number of aryl methyl sites for hydroxylation is 3. The first kappa shape index (κ1) is 30.9. The van der Waals surface area contributed by atoms with Crippen LogP contribution in [0.1, 0.15) is 56.4 Å². The van der Waals surface area contributed by atoms with Crippen LogP contribution in [0, 0.1) is 20.8 Å². The Morgan fingerprint density at radius 2 is 1.48 bits per heavy atom. The molecule has 0 aliphatic rings. The van der Waals surface area contributed by atoms with Crippen LogP contribution in [0.3, 0.4) is 0 Å². The molecule has 0 unspecified atom stereocenters. The van der Waals surface area contributed by atoms with E-state index in [1.165, 1.54) is 9.21 Å². The van der Waals surface area contributed by atoms with Gasteiger partial charge in [-0.2, -0.15) is 0 Å². The zero-order valence-electron chi connectivity index (χ0n) is 24.6. The highest BCUT2D eigenvalue weighted by Gasteiger charge is 2.35. The number of hydrogen-bond acceptors (Lipinski definition) is 4. The number of nitrogens with zero attached hydrogens (tertiary/aromatic N) is 2. The van der Waals surface area contributed by atoms with Crippen molar-refractivity contribution in [1.29, 1.82) is 0 Å². The molecule has 1 atom stereocenters. The van der Waals surface area contributed by atoms with Gasteiger partial charge in [0.1, 0.15) is 12.6 Å². The maximum Gasteiger partial charge on any atom is 0.264 e. The molecule has 8 heteroatoms. The predicted octanol–water partition coefficient (Wildman–Crippen LogP) is 5.53. The minimum Gasteiger partial charge on any atom is -0.350 e. The van der Waals surface area contributed by atoms with Crippen molar-refractivity contribution < 1.29 is 18.0 Å². The Bertz CT molecular complexity index is 1430. The van der Waals surface area contributed by atoms with Crippen LogP contribution in [-0.2, 0) is 26.2 Å². The summed E-state index contributed by atoms with van der Waals surface area (Å²) in [5, 5.41) is 2.99. The molecule has 40 heavy (non-hydrogen) atoms. The molecule has 1 N–H and O–H groups in total. The van der Waals surface area contributed by atoms with Crippen molar-refractivity contribution in [3.63, 3.8) is 0 Å². The van der Waals surface area contributed by atoms with E-state index >= 15 is 0 Å². The van der Waals surface area contributed by atoms with Gasteiger partial charge >= 0.3 is 0 Å². The Kier molecular flexibility index (Phi) is 9.79. The molecular weight excluding hydrogens is 522 g/mol. The van der Waals surface area contributed by atoms with Gasteiger partial charge in [-0.05, 0) is 77.3 Å². The molecule has 0 saturated heterocycles. The van der Waals surface area contributed by atoms with E-state index in [1.54, 1.807) is 30.3 Å². The summed E-state index contributed by atoms with van der Waals surface area (Å²) in [4.78, 5) is 29.1. The number of sulfonamides is 1. The second kappa shape index (κ2) is 12.7. The molecule has 0 radical (unpaired) electrons. The zero-order chi connectivity index (χ0) is 29.7. The lowest BCUT2D eigenvalue weighted by Gasteiger charge is -2.35. The van der Waals surface area contributed by atoms with Gasteiger partial charge < -0.3 is 10.2 Å². The van der Waals surface area contributed by atoms with E-state index in [2.05, 4.69) is 5.32 Å². The lowest BCUT2D eigenvalue weighted by Crippen LogP contribution is -2.55. The highest BCUT2D eigenvalue weighted by molar-refractivity contribution is 7.92. The first-order chi connectivity index (χ1) is 18.7. The summed E-state index contributed by atoms with van der Waals surface area (Å²) in [5.74, 6) is -0.742. The molecule has 0 aromatic heterocycles. The summed E-state index contributed by atoms with van der Waals surface area (Å²) < 4.78 is 29.2. The summed E-state index contributed by atoms with van der Waals surface area (Å²) in [5.41, 5.74) is 3.42. The number of benzene rings is 3. The maximum atomic E-state index is 14.2. The Labute approximate surface area is 239 Å². The van der Waals surface area contributed by atoms with Gasteiger partial charge in [0.25, 0.3) is 10.0 Å². The number of carbonyl (C=O) groups is 2. The standard InChI is InChI=1S/C32H41N3O4S/c1-8-28(31(37)33-32(5,6)7)34(21-26-12-10-9-11-13-26)30(36)22-35(29-19-16-24(3)20-25(29)4)40(38,39)27-17-14-23(2)15-18-27/h9-20,28H,8,21-22H2,1-7H3,(H,33,37)/t28-/m0/s1. The first-order valence-corrected chi connectivity index (χ1v) is 15.0. The van der Waals surface area contributed by atoms with Gasteiger partial charge in [0, 0.05) is 12.1 Å². The molecule has 0 spiro atoms. The van der Waals surface area contributed by atoms with E-state index in [-0.39, 0.29) is 17.3 Å². The molecule has 0 fully saturated rings. The number of nitrogens with one attached hydrogen (secondary N) is 1. The Balaban J connectivity index is 2.09. The lowest BCUT2D eigenvalue weighted by molar-refractivity contribution is -0.141. The third kappa shape index (κ3) is 7.72. The molecule has 0 aliphatic carbocycles. The van der Waals surface area contributed by atoms with E-state index in [4.69, 9.17) is 0 Å². The molecular formula is C32H41N3O4S. The average molecular weight is 564 g/mol. The van der Waals surface area contributed by atoms with Crippen LogP contribution in [0.4, 0.5) is 5.69 Å². The molecule has 0 bridgehead atoms. The van der Waals surface area contributed by atoms with Gasteiger partial charge in [-0.3, -0.25) is 13.9 Å². The topological polar surface area (TPSA) is 86.8 Å². The van der Waals surface area contributed by atoms with Crippen LogP contribution in [0.2, 0.25) is 0 Å². The normalized spacial score (nSPS) is 12.5. The minimum absolute atomic E-state index is 0.0954. The monoisotopic (exact) mass is 563 g/mol. The van der Waals surface area contributed by atoms with Crippen LogP contribution < -0.4 is 9.62 Å². The molecule has 0 aliphatic heterocycles. The summed E-state index contributed by atoms with van der Waals surface area (Å²) in [6.07, 6.45) is 0.370. The van der Waals surface area contributed by atoms with Crippen molar-refractivity contribution in [1.82, 2.24) is 10.2 Å². The molecule has 0 heterocycles. The van der Waals surface area contributed by atoms with Crippen molar-refractivity contribution in [2.45, 2.75) is 77.9 Å². The van der Waals surface area contributed by atoms with Crippen LogP contribution >= 0.6 is 0 Å². The second-order valence-corrected chi connectivity index (χ2v) is 13.1. The quantitative estimate of drug-likeness (QED) is 0.352. The summed E-state index contributed by atoms with van der Waals surface area (Å²) in [6.45, 7) is 12.9. The second-order valence-electron chi connectivity index (χ2n) is 11.3. The number of anilines is 1. The number of carbonyl (C=O) groups excluding carboxylic acids is 2. The Morgan fingerprint density at radius 3 is 2.02 bits per heavy atom. The number of amides is 2. The van der Waals surface area contributed by atoms with Gasteiger partial charge in [0.05, 0.1) is 10.6 Å². The zero-order valence-corrected chi connectivity index (χ0v) is 25.4. The lowest BCUT2D eigenvalue weighted by atomic mass is 10.1. The number of hydrogen-bond donors (Lipinski definition) is 1. The van der Waals surface area contributed by atoms with Gasteiger partial charge in [0.2, 0.25) is 11.8 Å². The maximum absolute atomic E-state index is 14.2. The molecule has 7 nitrogen and oxygen atoms in total. The molecule has 2 amide bonds. The average Bonchev–Trinajstić information content (AvgIpc) is 2.87. The fourth-order valence-electron chi connectivity index (χ4n) is 4.59. The summed E-state index contributed by atoms with van der Waals surface area (Å²) in [6, 6.07) is 20.7. The van der Waals surface area contributed by atoms with Crippen molar-refractivity contribution in [2.75, 3.05) is 10.8 Å². The fraction of sp³-hybridized carbons (Fsp3) is 0.375. The van der Waals surface area contributed by atoms with E-state index in [1.807, 2.05) is 90.9 Å². The van der Waals surface area contributed by atoms with Crippen molar-refractivity contribution in [2.24, 2.45) is 0 Å². The van der Waals surface area contributed by atoms with Crippen molar-refractivity contribution in [3.05, 3.63) is 95.1 Å². The SMILES string of the molecule is CC[C@@H](C(=O)NC(C)(C)C)N(Cc1ccccc1)C(=O)CN(c1ccc(C)cc1C)S(=O)(=O)c1ccc(C)cc1. The Morgan fingerprint density at radius 1 is 0.875 bits per heavy atom. The largest absolute Gasteiger partial charge is 0.350 e. The van der Waals surface area contributed by atoms with Crippen LogP contribution in [0.15, 0.2) is 77.7 Å². The van der Waals surface area contributed by atoms with Gasteiger partial charge in [-0.15, -0.1) is 0 Å². The molecule has 3 aromatic carbocycles. The van der Waals surface area contributed by atoms with Crippen LogP contribution in [0.25, 0.3) is 0 Å². The fourth-order valence-corrected chi connectivity index (χ4v) is 6.07. The smallest absolute Gasteiger partial charge is 0.264 e. The molecule has 3 rings (SSSR count). The van der Waals surface area contributed by atoms with Gasteiger partial charge in [-0.1, -0.05) is 72.6 Å². The summed E-state index contributed by atoms with van der Waals surface area (Å²) in [7, 11) is -4.10. The third-order valence-corrected chi connectivity index (χ3v) is 8.36.